The maximum absolute atomic E-state index is 11.8. The van der Waals surface area contributed by atoms with Crippen molar-refractivity contribution < 1.29 is 4.79 Å². The van der Waals surface area contributed by atoms with Gasteiger partial charge in [-0.3, -0.25) is 10.9 Å². The lowest BCUT2D eigenvalue weighted by Crippen LogP contribution is -2.43. The first-order chi connectivity index (χ1) is 11.3. The molecule has 3 heterocycles. The summed E-state index contributed by atoms with van der Waals surface area (Å²) in [6.45, 7) is 4.26. The van der Waals surface area contributed by atoms with Gasteiger partial charge in [-0.2, -0.15) is 0 Å². The fourth-order valence-corrected chi connectivity index (χ4v) is 2.98. The topological polar surface area (TPSA) is 81.3 Å². The molecule has 0 radical (unpaired) electrons. The monoisotopic (exact) mass is 318 g/mol. The predicted octanol–water partition coefficient (Wildman–Crippen LogP) is 0.738. The number of rotatable bonds is 5. The molecule has 7 nitrogen and oxygen atoms in total. The molecule has 0 bridgehead atoms. The molecule has 2 aliphatic heterocycles. The Morgan fingerprint density at radius 3 is 2.83 bits per heavy atom. The van der Waals surface area contributed by atoms with E-state index in [1.54, 1.807) is 0 Å². The number of hydrazine groups is 1. The number of nitrogens with one attached hydrogen (secondary N) is 4. The highest BCUT2D eigenvalue weighted by Gasteiger charge is 2.14. The van der Waals surface area contributed by atoms with Gasteiger partial charge in [0.25, 0.3) is 0 Å². The summed E-state index contributed by atoms with van der Waals surface area (Å²) in [5, 5.41) is 5.75. The van der Waals surface area contributed by atoms with E-state index in [1.165, 1.54) is 19.3 Å². The summed E-state index contributed by atoms with van der Waals surface area (Å²) >= 11 is 0. The van der Waals surface area contributed by atoms with Crippen LogP contribution in [-0.2, 0) is 6.54 Å². The van der Waals surface area contributed by atoms with Crippen molar-refractivity contribution in [3.05, 3.63) is 23.9 Å². The molecule has 2 saturated heterocycles. The van der Waals surface area contributed by atoms with Crippen LogP contribution in [0.2, 0.25) is 0 Å². The molecule has 1 aromatic rings. The summed E-state index contributed by atoms with van der Waals surface area (Å²) in [5.74, 6) is 1.04. The molecule has 2 fully saturated rings. The number of pyridine rings is 1. The lowest BCUT2D eigenvalue weighted by molar-refractivity contribution is 0.239. The van der Waals surface area contributed by atoms with Crippen molar-refractivity contribution in [3.8, 4) is 0 Å². The quantitative estimate of drug-likeness (QED) is 0.644. The van der Waals surface area contributed by atoms with Crippen molar-refractivity contribution in [1.82, 2.24) is 26.5 Å². The van der Waals surface area contributed by atoms with Crippen LogP contribution in [0.1, 0.15) is 31.2 Å². The molecular weight excluding hydrogens is 292 g/mol. The van der Waals surface area contributed by atoms with Gasteiger partial charge in [0, 0.05) is 45.0 Å². The van der Waals surface area contributed by atoms with Gasteiger partial charge < -0.3 is 15.5 Å². The van der Waals surface area contributed by atoms with Crippen LogP contribution in [0.3, 0.4) is 0 Å². The molecule has 0 aromatic carbocycles. The van der Waals surface area contributed by atoms with Gasteiger partial charge in [-0.15, -0.1) is 0 Å². The minimum absolute atomic E-state index is 0.140. The van der Waals surface area contributed by atoms with Crippen LogP contribution in [0, 0.1) is 0 Å². The largest absolute Gasteiger partial charge is 0.357 e. The number of amides is 2. The molecule has 1 unspecified atom stereocenters. The van der Waals surface area contributed by atoms with E-state index in [0.29, 0.717) is 19.1 Å². The zero-order chi connectivity index (χ0) is 15.9. The van der Waals surface area contributed by atoms with Gasteiger partial charge in [0.1, 0.15) is 5.82 Å². The van der Waals surface area contributed by atoms with E-state index in [2.05, 4.69) is 31.4 Å². The molecule has 0 aliphatic carbocycles. The third kappa shape index (κ3) is 4.80. The number of aromatic nitrogens is 1. The molecule has 23 heavy (non-hydrogen) atoms. The maximum atomic E-state index is 11.8. The van der Waals surface area contributed by atoms with Crippen molar-refractivity contribution in [2.75, 3.05) is 31.1 Å². The molecule has 0 saturated carbocycles. The minimum Gasteiger partial charge on any atom is -0.357 e. The second-order valence-electron chi connectivity index (χ2n) is 6.19. The number of nitrogens with zero attached hydrogens (tertiary/aromatic N) is 2. The Bertz CT molecular complexity index is 494. The van der Waals surface area contributed by atoms with Gasteiger partial charge in [0.05, 0.1) is 0 Å². The lowest BCUT2D eigenvalue weighted by atomic mass is 10.1. The van der Waals surface area contributed by atoms with Crippen LogP contribution in [-0.4, -0.2) is 43.2 Å². The van der Waals surface area contributed by atoms with Crippen molar-refractivity contribution in [2.24, 2.45) is 0 Å². The lowest BCUT2D eigenvalue weighted by Gasteiger charge is -2.27. The van der Waals surface area contributed by atoms with Gasteiger partial charge in [-0.05, 0) is 37.3 Å². The number of hydrogen-bond donors (Lipinski definition) is 4. The van der Waals surface area contributed by atoms with E-state index in [0.717, 1.165) is 37.4 Å². The molecule has 1 aromatic heterocycles. The van der Waals surface area contributed by atoms with Gasteiger partial charge in [0.15, 0.2) is 0 Å². The molecule has 4 N–H and O–H groups in total. The van der Waals surface area contributed by atoms with Crippen LogP contribution in [0.4, 0.5) is 10.6 Å². The van der Waals surface area contributed by atoms with Gasteiger partial charge in [-0.1, -0.05) is 6.07 Å². The molecule has 2 amide bonds. The Labute approximate surface area is 137 Å². The van der Waals surface area contributed by atoms with Crippen molar-refractivity contribution in [3.63, 3.8) is 0 Å². The van der Waals surface area contributed by atoms with Crippen LogP contribution >= 0.6 is 0 Å². The normalized spacial score (nSPS) is 21.2. The van der Waals surface area contributed by atoms with Crippen LogP contribution in [0.25, 0.3) is 0 Å². The second-order valence-corrected chi connectivity index (χ2v) is 6.19. The number of carbonyl (C=O) groups excluding carboxylic acids is 1. The van der Waals surface area contributed by atoms with Gasteiger partial charge in [0.2, 0.25) is 0 Å². The van der Waals surface area contributed by atoms with Crippen LogP contribution in [0.5, 0.6) is 0 Å². The second kappa shape index (κ2) is 8.12. The van der Waals surface area contributed by atoms with E-state index in [4.69, 9.17) is 0 Å². The molecule has 1 atom stereocenters. The van der Waals surface area contributed by atoms with E-state index >= 15 is 0 Å². The third-order valence-corrected chi connectivity index (χ3v) is 4.38. The van der Waals surface area contributed by atoms with Crippen LogP contribution in [0.15, 0.2) is 18.3 Å². The van der Waals surface area contributed by atoms with Crippen molar-refractivity contribution in [1.29, 1.82) is 0 Å². The van der Waals surface area contributed by atoms with Crippen LogP contribution < -0.4 is 26.4 Å². The molecule has 0 spiro atoms. The van der Waals surface area contributed by atoms with Crippen molar-refractivity contribution in [2.45, 2.75) is 38.3 Å². The number of hydrogen-bond acceptors (Lipinski definition) is 5. The Morgan fingerprint density at radius 2 is 2.13 bits per heavy atom. The Hall–Kier alpha value is -1.86. The summed E-state index contributed by atoms with van der Waals surface area (Å²) in [6.07, 6.45) is 6.70. The average Bonchev–Trinajstić information content (AvgIpc) is 3.13. The Kier molecular flexibility index (Phi) is 5.65. The zero-order valence-electron chi connectivity index (χ0n) is 13.5. The number of carbonyl (C=O) groups is 1. The Balaban J connectivity index is 1.40. The van der Waals surface area contributed by atoms with Gasteiger partial charge in [-0.25, -0.2) is 9.78 Å². The van der Waals surface area contributed by atoms with E-state index < -0.39 is 0 Å². The molecular formula is C16H26N6O. The smallest absolute Gasteiger partial charge is 0.315 e. The van der Waals surface area contributed by atoms with E-state index in [1.807, 2.05) is 18.3 Å². The summed E-state index contributed by atoms with van der Waals surface area (Å²) in [7, 11) is 0. The van der Waals surface area contributed by atoms with E-state index in [-0.39, 0.29) is 6.03 Å². The van der Waals surface area contributed by atoms with Gasteiger partial charge >= 0.3 is 6.03 Å². The summed E-state index contributed by atoms with van der Waals surface area (Å²) in [6, 6.07) is 4.26. The highest BCUT2D eigenvalue weighted by atomic mass is 16.2. The van der Waals surface area contributed by atoms with E-state index in [9.17, 15) is 4.79 Å². The molecule has 2 aliphatic rings. The minimum atomic E-state index is -0.140. The summed E-state index contributed by atoms with van der Waals surface area (Å²) < 4.78 is 0. The molecule has 7 heteroatoms. The average molecular weight is 318 g/mol. The SMILES string of the molecule is O=C(NCc1ccc(N2CCCCC2)nc1)NCC1CCNN1. The maximum Gasteiger partial charge on any atom is 0.315 e. The number of anilines is 1. The van der Waals surface area contributed by atoms with Crippen molar-refractivity contribution >= 4 is 11.8 Å². The predicted molar refractivity (Wildman–Crippen MR) is 90.1 cm³/mol. The molecule has 126 valence electrons. The third-order valence-electron chi connectivity index (χ3n) is 4.38. The summed E-state index contributed by atoms with van der Waals surface area (Å²) in [5.41, 5.74) is 7.18. The summed E-state index contributed by atoms with van der Waals surface area (Å²) in [4.78, 5) is 18.6. The Morgan fingerprint density at radius 1 is 1.26 bits per heavy atom. The standard InChI is InChI=1S/C16H26N6O/c23-16(19-12-14-6-7-20-21-14)18-11-13-4-5-15(17-10-13)22-8-2-1-3-9-22/h4-5,10,14,20-21H,1-3,6-9,11-12H2,(H2,18,19,23). The zero-order valence-corrected chi connectivity index (χ0v) is 13.5. The fraction of sp³-hybridized carbons (Fsp3) is 0.625. The first-order valence-corrected chi connectivity index (χ1v) is 8.51. The first kappa shape index (κ1) is 16.0. The molecule has 3 rings (SSSR count). The highest BCUT2D eigenvalue weighted by molar-refractivity contribution is 5.73. The fourth-order valence-electron chi connectivity index (χ4n) is 2.98. The highest BCUT2D eigenvalue weighted by Crippen LogP contribution is 2.17. The number of piperidine rings is 1. The first-order valence-electron chi connectivity index (χ1n) is 8.51. The number of urea groups is 1.